The molecule has 1 atom stereocenters. The maximum atomic E-state index is 4.59. The molecule has 0 saturated carbocycles. The van der Waals surface area contributed by atoms with E-state index < -0.39 is 0 Å². The monoisotopic (exact) mass is 234 g/mol. The van der Waals surface area contributed by atoms with E-state index in [1.54, 1.807) is 0 Å². The van der Waals surface area contributed by atoms with E-state index in [0.29, 0.717) is 6.04 Å². The Morgan fingerprint density at radius 2 is 2.24 bits per heavy atom. The van der Waals surface area contributed by atoms with Crippen molar-refractivity contribution in [1.82, 2.24) is 15.3 Å². The Balaban J connectivity index is 2.27. The third-order valence-electron chi connectivity index (χ3n) is 3.36. The molecule has 17 heavy (non-hydrogen) atoms. The van der Waals surface area contributed by atoms with Crippen molar-refractivity contribution in [2.45, 2.75) is 39.7 Å². The first kappa shape index (κ1) is 12.3. The van der Waals surface area contributed by atoms with Crippen molar-refractivity contribution in [1.29, 1.82) is 0 Å². The Bertz CT molecular complexity index is 378. The zero-order valence-corrected chi connectivity index (χ0v) is 11.0. The molecule has 0 aliphatic carbocycles. The van der Waals surface area contributed by atoms with Crippen LogP contribution in [0.25, 0.3) is 0 Å². The van der Waals surface area contributed by atoms with Crippen LogP contribution in [0.3, 0.4) is 0 Å². The fourth-order valence-electron chi connectivity index (χ4n) is 2.37. The molecule has 0 aromatic carbocycles. The smallest absolute Gasteiger partial charge is 0.132 e. The highest BCUT2D eigenvalue weighted by Gasteiger charge is 2.22. The first-order chi connectivity index (χ1) is 8.24. The number of piperazine rings is 1. The Kier molecular flexibility index (Phi) is 3.94. The minimum Gasteiger partial charge on any atom is -0.351 e. The van der Waals surface area contributed by atoms with Crippen LogP contribution < -0.4 is 10.2 Å². The van der Waals surface area contributed by atoms with Crippen LogP contribution in [0.4, 0.5) is 5.82 Å². The van der Waals surface area contributed by atoms with E-state index in [1.165, 1.54) is 0 Å². The molecule has 4 nitrogen and oxygen atoms in total. The van der Waals surface area contributed by atoms with Crippen LogP contribution in [0, 0.1) is 6.92 Å². The van der Waals surface area contributed by atoms with Gasteiger partial charge in [-0.05, 0) is 19.8 Å². The lowest BCUT2D eigenvalue weighted by atomic mass is 10.1. The summed E-state index contributed by atoms with van der Waals surface area (Å²) in [6, 6.07) is 2.70. The van der Waals surface area contributed by atoms with Gasteiger partial charge in [-0.3, -0.25) is 0 Å². The highest BCUT2D eigenvalue weighted by molar-refractivity contribution is 5.42. The number of aromatic nitrogens is 2. The number of anilines is 1. The molecule has 0 amide bonds. The number of nitrogens with one attached hydrogen (secondary N) is 1. The fraction of sp³-hybridized carbons (Fsp3) is 0.692. The molecule has 0 bridgehead atoms. The van der Waals surface area contributed by atoms with Crippen molar-refractivity contribution in [3.8, 4) is 0 Å². The van der Waals surface area contributed by atoms with Gasteiger partial charge in [0, 0.05) is 37.4 Å². The third kappa shape index (κ3) is 2.75. The van der Waals surface area contributed by atoms with Crippen molar-refractivity contribution in [2.24, 2.45) is 0 Å². The predicted octanol–water partition coefficient (Wildman–Crippen LogP) is 1.54. The van der Waals surface area contributed by atoms with Crippen LogP contribution in [0.5, 0.6) is 0 Å². The van der Waals surface area contributed by atoms with E-state index in [0.717, 1.165) is 49.8 Å². The highest BCUT2D eigenvalue weighted by Crippen LogP contribution is 2.18. The lowest BCUT2D eigenvalue weighted by Crippen LogP contribution is -2.51. The first-order valence-corrected chi connectivity index (χ1v) is 6.56. The summed E-state index contributed by atoms with van der Waals surface area (Å²) in [4.78, 5) is 11.5. The van der Waals surface area contributed by atoms with Gasteiger partial charge in [0.2, 0.25) is 0 Å². The van der Waals surface area contributed by atoms with Gasteiger partial charge in [0.1, 0.15) is 11.6 Å². The lowest BCUT2D eigenvalue weighted by molar-refractivity contribution is 0.462. The van der Waals surface area contributed by atoms with Gasteiger partial charge in [0.25, 0.3) is 0 Å². The first-order valence-electron chi connectivity index (χ1n) is 6.56. The minimum absolute atomic E-state index is 0.558. The van der Waals surface area contributed by atoms with E-state index in [-0.39, 0.29) is 0 Å². The fourth-order valence-corrected chi connectivity index (χ4v) is 2.37. The summed E-state index contributed by atoms with van der Waals surface area (Å²) < 4.78 is 0. The zero-order valence-electron chi connectivity index (χ0n) is 11.0. The van der Waals surface area contributed by atoms with E-state index >= 15 is 0 Å². The Labute approximate surface area is 103 Å². The van der Waals surface area contributed by atoms with Gasteiger partial charge in [0.15, 0.2) is 0 Å². The van der Waals surface area contributed by atoms with Crippen LogP contribution >= 0.6 is 0 Å². The second kappa shape index (κ2) is 5.45. The number of hydrogen-bond donors (Lipinski definition) is 1. The second-order valence-corrected chi connectivity index (χ2v) is 4.58. The lowest BCUT2D eigenvalue weighted by Gasteiger charge is -2.36. The van der Waals surface area contributed by atoms with Gasteiger partial charge in [-0.25, -0.2) is 9.97 Å². The summed E-state index contributed by atoms with van der Waals surface area (Å²) in [6.07, 6.45) is 2.12. The Morgan fingerprint density at radius 1 is 1.41 bits per heavy atom. The quantitative estimate of drug-likeness (QED) is 0.861. The number of hydrogen-bond acceptors (Lipinski definition) is 4. The normalized spacial score (nSPS) is 20.6. The molecule has 1 aliphatic rings. The molecule has 1 fully saturated rings. The average Bonchev–Trinajstić information content (AvgIpc) is 2.37. The number of aryl methyl sites for hydroxylation is 2. The summed E-state index contributed by atoms with van der Waals surface area (Å²) in [7, 11) is 0. The predicted molar refractivity (Wildman–Crippen MR) is 70.4 cm³/mol. The SMILES string of the molecule is CCc1cc(N2CCNCC2CC)nc(C)n1. The molecule has 4 heteroatoms. The van der Waals surface area contributed by atoms with E-state index in [2.05, 4.69) is 40.1 Å². The topological polar surface area (TPSA) is 41.0 Å². The zero-order chi connectivity index (χ0) is 12.3. The largest absolute Gasteiger partial charge is 0.351 e. The summed E-state index contributed by atoms with van der Waals surface area (Å²) in [5.41, 5.74) is 1.14. The molecule has 1 aromatic heterocycles. The van der Waals surface area contributed by atoms with Gasteiger partial charge in [0.05, 0.1) is 0 Å². The van der Waals surface area contributed by atoms with E-state index in [4.69, 9.17) is 0 Å². The van der Waals surface area contributed by atoms with Crippen LogP contribution in [0.15, 0.2) is 6.07 Å². The average molecular weight is 234 g/mol. The Morgan fingerprint density at radius 3 is 2.94 bits per heavy atom. The van der Waals surface area contributed by atoms with Crippen molar-refractivity contribution in [2.75, 3.05) is 24.5 Å². The molecule has 94 valence electrons. The molecule has 1 aliphatic heterocycles. The summed E-state index contributed by atoms with van der Waals surface area (Å²) >= 11 is 0. The maximum Gasteiger partial charge on any atom is 0.132 e. The third-order valence-corrected chi connectivity index (χ3v) is 3.36. The van der Waals surface area contributed by atoms with Gasteiger partial charge in [-0.15, -0.1) is 0 Å². The van der Waals surface area contributed by atoms with Crippen molar-refractivity contribution in [3.63, 3.8) is 0 Å². The standard InChI is InChI=1S/C13H22N4/c1-4-11-8-13(16-10(3)15-11)17-7-6-14-9-12(17)5-2/h8,12,14H,4-7,9H2,1-3H3. The van der Waals surface area contributed by atoms with Gasteiger partial charge in [-0.1, -0.05) is 13.8 Å². The molecule has 2 heterocycles. The van der Waals surface area contributed by atoms with E-state index in [9.17, 15) is 0 Å². The summed E-state index contributed by atoms with van der Waals surface area (Å²) in [5.74, 6) is 1.98. The molecule has 1 N–H and O–H groups in total. The van der Waals surface area contributed by atoms with E-state index in [1.807, 2.05) is 6.92 Å². The molecule has 1 aromatic rings. The van der Waals surface area contributed by atoms with Crippen molar-refractivity contribution in [3.05, 3.63) is 17.6 Å². The van der Waals surface area contributed by atoms with Crippen LogP contribution in [0.1, 0.15) is 31.8 Å². The van der Waals surface area contributed by atoms with Crippen LogP contribution in [-0.2, 0) is 6.42 Å². The summed E-state index contributed by atoms with van der Waals surface area (Å²) in [5, 5.41) is 3.44. The number of nitrogens with zero attached hydrogens (tertiary/aromatic N) is 3. The summed E-state index contributed by atoms with van der Waals surface area (Å²) in [6.45, 7) is 9.49. The van der Waals surface area contributed by atoms with Crippen LogP contribution in [0.2, 0.25) is 0 Å². The molecule has 0 radical (unpaired) electrons. The van der Waals surface area contributed by atoms with Crippen molar-refractivity contribution < 1.29 is 0 Å². The molecule has 2 rings (SSSR count). The molecule has 0 spiro atoms. The number of rotatable bonds is 3. The second-order valence-electron chi connectivity index (χ2n) is 4.58. The molecular formula is C13H22N4. The van der Waals surface area contributed by atoms with Gasteiger partial charge < -0.3 is 10.2 Å². The van der Waals surface area contributed by atoms with Gasteiger partial charge >= 0.3 is 0 Å². The minimum atomic E-state index is 0.558. The van der Waals surface area contributed by atoms with Crippen molar-refractivity contribution >= 4 is 5.82 Å². The van der Waals surface area contributed by atoms with Crippen LogP contribution in [-0.4, -0.2) is 35.6 Å². The maximum absolute atomic E-state index is 4.59. The Hall–Kier alpha value is -1.16. The highest BCUT2D eigenvalue weighted by atomic mass is 15.3. The molecular weight excluding hydrogens is 212 g/mol. The molecule has 1 unspecified atom stereocenters. The molecule has 1 saturated heterocycles. The van der Waals surface area contributed by atoms with Gasteiger partial charge in [-0.2, -0.15) is 0 Å².